The van der Waals surface area contributed by atoms with Crippen molar-refractivity contribution in [3.8, 4) is 5.75 Å². The van der Waals surface area contributed by atoms with Crippen LogP contribution >= 0.6 is 7.75 Å². The molecular weight excluding hydrogens is 521 g/mol. The number of ether oxygens (including phenoxy) is 3. The monoisotopic (exact) mass is 569 g/mol. The molecule has 0 aliphatic carbocycles. The number of benzene rings is 1. The molecule has 10 heteroatoms. The maximum atomic E-state index is 13.6. The van der Waals surface area contributed by atoms with Gasteiger partial charge in [0.05, 0.1) is 19.3 Å². The van der Waals surface area contributed by atoms with Crippen molar-refractivity contribution in [1.29, 1.82) is 0 Å². The molecule has 1 heterocycles. The second-order valence-corrected chi connectivity index (χ2v) is 12.0. The zero-order valence-corrected chi connectivity index (χ0v) is 25.0. The Hall–Kier alpha value is -1.93. The van der Waals surface area contributed by atoms with Crippen molar-refractivity contribution < 1.29 is 37.4 Å². The van der Waals surface area contributed by atoms with E-state index in [2.05, 4.69) is 12.0 Å². The van der Waals surface area contributed by atoms with Crippen molar-refractivity contribution in [1.82, 2.24) is 5.09 Å². The number of para-hydroxylation sites is 1. The average molecular weight is 570 g/mol. The summed E-state index contributed by atoms with van der Waals surface area (Å²) in [7, 11) is -4.02. The number of hydrogen-bond donors (Lipinski definition) is 1. The molecule has 222 valence electrons. The van der Waals surface area contributed by atoms with Crippen LogP contribution in [0.15, 0.2) is 30.3 Å². The van der Waals surface area contributed by atoms with Gasteiger partial charge in [0, 0.05) is 12.8 Å². The molecular formula is C29H48NO8P. The Morgan fingerprint density at radius 1 is 1.00 bits per heavy atom. The standard InChI is InChI=1S/C29H48NO8P/c1-5-6-7-8-9-10-11-12-16-19-28(31)37-26-20-21-34-27(26)22-35-39(33,38-25-17-14-13-15-18-25)30-24(4)29(32)36-23(2)3/h13-15,17-18,23-24,26-27H,5-12,16,19-22H2,1-4H3,(H,30,33)/t24-,26?,27?,39-/m0/s1. The van der Waals surface area contributed by atoms with Crippen LogP contribution in [0.1, 0.15) is 98.3 Å². The van der Waals surface area contributed by atoms with Crippen LogP contribution in [0, 0.1) is 0 Å². The summed E-state index contributed by atoms with van der Waals surface area (Å²) in [5, 5.41) is 2.66. The minimum atomic E-state index is -4.02. The lowest BCUT2D eigenvalue weighted by Gasteiger charge is -2.25. The summed E-state index contributed by atoms with van der Waals surface area (Å²) >= 11 is 0. The van der Waals surface area contributed by atoms with Gasteiger partial charge in [0.2, 0.25) is 0 Å². The van der Waals surface area contributed by atoms with Gasteiger partial charge in [0.25, 0.3) is 0 Å². The first-order chi connectivity index (χ1) is 18.7. The zero-order chi connectivity index (χ0) is 28.5. The molecule has 0 bridgehead atoms. The quantitative estimate of drug-likeness (QED) is 0.104. The highest BCUT2D eigenvalue weighted by Crippen LogP contribution is 2.45. The van der Waals surface area contributed by atoms with E-state index in [1.54, 1.807) is 44.2 Å². The fourth-order valence-corrected chi connectivity index (χ4v) is 5.73. The average Bonchev–Trinajstić information content (AvgIpc) is 3.33. The van der Waals surface area contributed by atoms with E-state index >= 15 is 0 Å². The highest BCUT2D eigenvalue weighted by atomic mass is 31.2. The van der Waals surface area contributed by atoms with E-state index in [9.17, 15) is 14.2 Å². The molecule has 39 heavy (non-hydrogen) atoms. The van der Waals surface area contributed by atoms with Gasteiger partial charge in [-0.1, -0.05) is 76.5 Å². The highest BCUT2D eigenvalue weighted by Gasteiger charge is 2.37. The molecule has 1 N–H and O–H groups in total. The highest BCUT2D eigenvalue weighted by molar-refractivity contribution is 7.52. The third kappa shape index (κ3) is 13.8. The summed E-state index contributed by atoms with van der Waals surface area (Å²) in [6.07, 6.45) is 10.1. The molecule has 9 nitrogen and oxygen atoms in total. The van der Waals surface area contributed by atoms with Gasteiger partial charge in [0.1, 0.15) is 24.0 Å². The van der Waals surface area contributed by atoms with Crippen molar-refractivity contribution in [3.63, 3.8) is 0 Å². The van der Waals surface area contributed by atoms with E-state index < -0.39 is 32.0 Å². The van der Waals surface area contributed by atoms with Crippen molar-refractivity contribution in [2.24, 2.45) is 0 Å². The molecule has 0 amide bonds. The molecule has 0 aromatic heterocycles. The van der Waals surface area contributed by atoms with E-state index in [0.29, 0.717) is 25.2 Å². The van der Waals surface area contributed by atoms with Crippen LogP contribution in [0.2, 0.25) is 0 Å². The van der Waals surface area contributed by atoms with Crippen LogP contribution in [0.5, 0.6) is 5.75 Å². The molecule has 1 aliphatic heterocycles. The number of unbranched alkanes of at least 4 members (excludes halogenated alkanes) is 8. The second-order valence-electron chi connectivity index (χ2n) is 10.3. The Bertz CT molecular complexity index is 881. The molecule has 2 unspecified atom stereocenters. The number of esters is 2. The normalized spacial score (nSPS) is 19.4. The van der Waals surface area contributed by atoms with E-state index in [4.69, 9.17) is 23.3 Å². The van der Waals surface area contributed by atoms with E-state index in [1.165, 1.54) is 45.4 Å². The first-order valence-corrected chi connectivity index (χ1v) is 16.0. The number of rotatable bonds is 20. The molecule has 1 saturated heterocycles. The first kappa shape index (κ1) is 33.3. The summed E-state index contributed by atoms with van der Waals surface area (Å²) in [6, 6.07) is 7.60. The van der Waals surface area contributed by atoms with E-state index in [0.717, 1.165) is 19.3 Å². The molecule has 1 aromatic carbocycles. The molecule has 1 aromatic rings. The van der Waals surface area contributed by atoms with Crippen LogP contribution in [-0.2, 0) is 32.9 Å². The summed E-state index contributed by atoms with van der Waals surface area (Å²) in [6.45, 7) is 7.47. The van der Waals surface area contributed by atoms with Gasteiger partial charge < -0.3 is 18.7 Å². The van der Waals surface area contributed by atoms with Crippen LogP contribution in [0.4, 0.5) is 0 Å². The van der Waals surface area contributed by atoms with Crippen molar-refractivity contribution in [3.05, 3.63) is 30.3 Å². The summed E-state index contributed by atoms with van der Waals surface area (Å²) < 4.78 is 41.6. The lowest BCUT2D eigenvalue weighted by molar-refractivity contribution is -0.153. The lowest BCUT2D eigenvalue weighted by Crippen LogP contribution is -2.37. The minimum Gasteiger partial charge on any atom is -0.462 e. The number of carbonyl (C=O) groups excluding carboxylic acids is 2. The Morgan fingerprint density at radius 3 is 2.28 bits per heavy atom. The number of hydrogen-bond acceptors (Lipinski definition) is 8. The predicted molar refractivity (Wildman–Crippen MR) is 151 cm³/mol. The lowest BCUT2D eigenvalue weighted by atomic mass is 10.1. The Balaban J connectivity index is 1.83. The van der Waals surface area contributed by atoms with Gasteiger partial charge in [0.15, 0.2) is 0 Å². The Labute approximate surface area is 234 Å². The third-order valence-electron chi connectivity index (χ3n) is 6.35. The van der Waals surface area contributed by atoms with Gasteiger partial charge in [-0.25, -0.2) is 4.57 Å². The van der Waals surface area contributed by atoms with Crippen molar-refractivity contribution in [2.75, 3.05) is 13.2 Å². The molecule has 0 radical (unpaired) electrons. The van der Waals surface area contributed by atoms with E-state index in [-0.39, 0.29) is 18.7 Å². The van der Waals surface area contributed by atoms with E-state index in [1.807, 2.05) is 0 Å². The number of carbonyl (C=O) groups is 2. The summed E-state index contributed by atoms with van der Waals surface area (Å²) in [4.78, 5) is 24.8. The predicted octanol–water partition coefficient (Wildman–Crippen LogP) is 6.74. The Kier molecular flexibility index (Phi) is 15.7. The molecule has 1 fully saturated rings. The minimum absolute atomic E-state index is 0.140. The fraction of sp³-hybridized carbons (Fsp3) is 0.724. The first-order valence-electron chi connectivity index (χ1n) is 14.5. The zero-order valence-electron chi connectivity index (χ0n) is 24.1. The van der Waals surface area contributed by atoms with Gasteiger partial charge >= 0.3 is 19.7 Å². The molecule has 1 aliphatic rings. The Morgan fingerprint density at radius 2 is 1.64 bits per heavy atom. The fourth-order valence-electron chi connectivity index (χ4n) is 4.23. The van der Waals surface area contributed by atoms with Gasteiger partial charge in [-0.15, -0.1) is 0 Å². The van der Waals surface area contributed by atoms with Gasteiger partial charge in [-0.05, 0) is 39.3 Å². The van der Waals surface area contributed by atoms with Crippen molar-refractivity contribution >= 4 is 19.7 Å². The third-order valence-corrected chi connectivity index (χ3v) is 7.99. The van der Waals surface area contributed by atoms with Crippen LogP contribution in [-0.4, -0.2) is 49.5 Å². The molecule has 0 saturated carbocycles. The molecule has 2 rings (SSSR count). The molecule has 4 atom stereocenters. The summed E-state index contributed by atoms with van der Waals surface area (Å²) in [5.74, 6) is -0.523. The van der Waals surface area contributed by atoms with Crippen molar-refractivity contribution in [2.45, 2.75) is 123 Å². The topological polar surface area (TPSA) is 109 Å². The molecule has 0 spiro atoms. The maximum Gasteiger partial charge on any atom is 0.459 e. The largest absolute Gasteiger partial charge is 0.462 e. The number of nitrogens with one attached hydrogen (secondary N) is 1. The summed E-state index contributed by atoms with van der Waals surface area (Å²) in [5.41, 5.74) is 0. The smallest absolute Gasteiger partial charge is 0.459 e. The SMILES string of the molecule is CCCCCCCCCCCC(=O)OC1CCOC1CO[P@@](=O)(N[C@@H](C)C(=O)OC(C)C)Oc1ccccc1. The maximum absolute atomic E-state index is 13.6. The second kappa shape index (κ2) is 18.4. The van der Waals surface area contributed by atoms with Crippen LogP contribution in [0.25, 0.3) is 0 Å². The van der Waals surface area contributed by atoms with Gasteiger partial charge in [-0.2, -0.15) is 5.09 Å². The van der Waals surface area contributed by atoms with Crippen LogP contribution < -0.4 is 9.61 Å². The van der Waals surface area contributed by atoms with Crippen LogP contribution in [0.3, 0.4) is 0 Å². The van der Waals surface area contributed by atoms with Gasteiger partial charge in [-0.3, -0.25) is 14.1 Å².